The zero-order chi connectivity index (χ0) is 10.3. The molecule has 3 rings (SSSR count). The molecule has 2 fully saturated rings. The molecule has 2 bridgehead atoms. The van der Waals surface area contributed by atoms with Gasteiger partial charge in [-0.3, -0.25) is 0 Å². The van der Waals surface area contributed by atoms with Gasteiger partial charge < -0.3 is 10.1 Å². The van der Waals surface area contributed by atoms with E-state index in [1.54, 1.807) is 12.4 Å². The van der Waals surface area contributed by atoms with E-state index in [1.165, 1.54) is 6.42 Å². The zero-order valence-corrected chi connectivity index (χ0v) is 9.77. The van der Waals surface area contributed by atoms with Crippen molar-refractivity contribution in [1.29, 1.82) is 0 Å². The Morgan fingerprint density at radius 2 is 1.93 bits per heavy atom. The predicted octanol–water partition coefficient (Wildman–Crippen LogP) is 1.23. The van der Waals surface area contributed by atoms with E-state index < -0.39 is 0 Å². The first-order valence-electron chi connectivity index (χ1n) is 5.18. The molecular weight excluding hydrogens is 258 g/mol. The topological polar surface area (TPSA) is 47.0 Å². The summed E-state index contributed by atoms with van der Waals surface area (Å²) in [7, 11) is 0. The van der Waals surface area contributed by atoms with Crippen LogP contribution in [0, 0.1) is 11.8 Å². The van der Waals surface area contributed by atoms with Crippen molar-refractivity contribution in [2.75, 3.05) is 13.1 Å². The monoisotopic (exact) mass is 269 g/mol. The number of hydrogen-bond donors (Lipinski definition) is 1. The molecule has 0 amide bonds. The van der Waals surface area contributed by atoms with Crippen LogP contribution in [-0.2, 0) is 0 Å². The Bertz CT molecular complexity index is 342. The lowest BCUT2D eigenvalue weighted by Gasteiger charge is -2.48. The fraction of sp³-hybridized carbons (Fsp3) is 0.600. The van der Waals surface area contributed by atoms with Gasteiger partial charge in [-0.1, -0.05) is 0 Å². The highest BCUT2D eigenvalue weighted by atomic mass is 79.9. The Labute approximate surface area is 96.6 Å². The Kier molecular flexibility index (Phi) is 2.36. The third-order valence-corrected chi connectivity index (χ3v) is 3.60. The minimum absolute atomic E-state index is 0.326. The number of ether oxygens (including phenoxy) is 1. The molecule has 2 aliphatic rings. The van der Waals surface area contributed by atoms with E-state index >= 15 is 0 Å². The lowest BCUT2D eigenvalue weighted by Crippen LogP contribution is -2.59. The van der Waals surface area contributed by atoms with Gasteiger partial charge in [-0.2, -0.15) is 0 Å². The van der Waals surface area contributed by atoms with Gasteiger partial charge in [0.1, 0.15) is 6.10 Å². The normalized spacial score (nSPS) is 33.3. The van der Waals surface area contributed by atoms with Crippen LogP contribution in [-0.4, -0.2) is 29.2 Å². The van der Waals surface area contributed by atoms with Crippen LogP contribution in [0.15, 0.2) is 16.9 Å². The van der Waals surface area contributed by atoms with Crippen molar-refractivity contribution in [3.8, 4) is 6.01 Å². The number of nitrogens with zero attached hydrogens (tertiary/aromatic N) is 2. The molecule has 5 heteroatoms. The molecule has 1 N–H and O–H groups in total. The van der Waals surface area contributed by atoms with E-state index in [4.69, 9.17) is 4.74 Å². The van der Waals surface area contributed by atoms with E-state index in [-0.39, 0.29) is 0 Å². The molecule has 1 aliphatic heterocycles. The number of piperidine rings is 2. The Morgan fingerprint density at radius 3 is 2.53 bits per heavy atom. The van der Waals surface area contributed by atoms with Gasteiger partial charge in [0.25, 0.3) is 0 Å². The molecule has 0 spiro atoms. The smallest absolute Gasteiger partial charge is 0.316 e. The van der Waals surface area contributed by atoms with E-state index in [9.17, 15) is 0 Å². The lowest BCUT2D eigenvalue weighted by molar-refractivity contribution is -0.0496. The van der Waals surface area contributed by atoms with Gasteiger partial charge in [-0.15, -0.1) is 0 Å². The standard InChI is InChI=1S/C10H12BrN3O/c11-8-4-13-10(14-5-8)15-9-6-1-7(9)3-12-2-6/h4-7,9,12H,1-3H2/t6-,7+,9?. The van der Waals surface area contributed by atoms with Gasteiger partial charge in [0.15, 0.2) is 0 Å². The molecule has 1 saturated heterocycles. The molecule has 2 heterocycles. The second-order valence-electron chi connectivity index (χ2n) is 4.18. The van der Waals surface area contributed by atoms with E-state index in [0.717, 1.165) is 17.6 Å². The van der Waals surface area contributed by atoms with E-state index in [0.29, 0.717) is 24.0 Å². The van der Waals surface area contributed by atoms with Gasteiger partial charge in [0.2, 0.25) is 0 Å². The summed E-state index contributed by atoms with van der Waals surface area (Å²) < 4.78 is 6.67. The highest BCUT2D eigenvalue weighted by Crippen LogP contribution is 2.38. The quantitative estimate of drug-likeness (QED) is 0.878. The lowest BCUT2D eigenvalue weighted by atomic mass is 9.69. The minimum atomic E-state index is 0.326. The van der Waals surface area contributed by atoms with Gasteiger partial charge in [-0.05, 0) is 22.4 Å². The third kappa shape index (κ3) is 1.74. The fourth-order valence-corrected chi connectivity index (χ4v) is 2.58. The molecule has 0 radical (unpaired) electrons. The van der Waals surface area contributed by atoms with Gasteiger partial charge in [0, 0.05) is 37.3 Å². The van der Waals surface area contributed by atoms with E-state index in [2.05, 4.69) is 31.2 Å². The minimum Gasteiger partial charge on any atom is -0.459 e. The van der Waals surface area contributed by atoms with Crippen molar-refractivity contribution in [2.45, 2.75) is 12.5 Å². The first-order chi connectivity index (χ1) is 7.33. The van der Waals surface area contributed by atoms with Crippen molar-refractivity contribution in [1.82, 2.24) is 15.3 Å². The number of halogens is 1. The number of rotatable bonds is 2. The van der Waals surface area contributed by atoms with Crippen molar-refractivity contribution in [3.05, 3.63) is 16.9 Å². The summed E-state index contributed by atoms with van der Waals surface area (Å²) in [6.45, 7) is 2.13. The Balaban J connectivity index is 1.68. The average molecular weight is 270 g/mol. The predicted molar refractivity (Wildman–Crippen MR) is 58.6 cm³/mol. The maximum absolute atomic E-state index is 5.79. The molecular formula is C10H12BrN3O. The first-order valence-corrected chi connectivity index (χ1v) is 5.97. The molecule has 1 aliphatic carbocycles. The fourth-order valence-electron chi connectivity index (χ4n) is 2.37. The molecule has 1 aromatic heterocycles. The molecule has 3 atom stereocenters. The maximum atomic E-state index is 5.79. The molecule has 80 valence electrons. The molecule has 0 aromatic carbocycles. The van der Waals surface area contributed by atoms with Crippen LogP contribution in [0.5, 0.6) is 6.01 Å². The van der Waals surface area contributed by atoms with Crippen LogP contribution in [0.4, 0.5) is 0 Å². The van der Waals surface area contributed by atoms with Gasteiger partial charge >= 0.3 is 6.01 Å². The van der Waals surface area contributed by atoms with Crippen LogP contribution in [0.1, 0.15) is 6.42 Å². The van der Waals surface area contributed by atoms with Crippen LogP contribution in [0.3, 0.4) is 0 Å². The number of aromatic nitrogens is 2. The molecule has 1 saturated carbocycles. The van der Waals surface area contributed by atoms with E-state index in [1.807, 2.05) is 0 Å². The number of nitrogens with one attached hydrogen (secondary N) is 1. The summed E-state index contributed by atoms with van der Waals surface area (Å²) in [6, 6.07) is 0.500. The summed E-state index contributed by atoms with van der Waals surface area (Å²) in [5, 5.41) is 3.38. The largest absolute Gasteiger partial charge is 0.459 e. The van der Waals surface area contributed by atoms with Crippen molar-refractivity contribution in [3.63, 3.8) is 0 Å². The molecule has 15 heavy (non-hydrogen) atoms. The second kappa shape index (κ2) is 3.72. The second-order valence-corrected chi connectivity index (χ2v) is 5.10. The average Bonchev–Trinajstić information content (AvgIpc) is 2.29. The van der Waals surface area contributed by atoms with Gasteiger partial charge in [0.05, 0.1) is 4.47 Å². The summed E-state index contributed by atoms with van der Waals surface area (Å²) in [6.07, 6.45) is 5.05. The third-order valence-electron chi connectivity index (χ3n) is 3.19. The summed E-state index contributed by atoms with van der Waals surface area (Å²) in [5.74, 6) is 1.30. The van der Waals surface area contributed by atoms with Gasteiger partial charge in [-0.25, -0.2) is 9.97 Å². The first kappa shape index (κ1) is 9.54. The highest BCUT2D eigenvalue weighted by molar-refractivity contribution is 9.10. The summed E-state index contributed by atoms with van der Waals surface area (Å²) >= 11 is 3.30. The van der Waals surface area contributed by atoms with Crippen molar-refractivity contribution < 1.29 is 4.74 Å². The Morgan fingerprint density at radius 1 is 1.27 bits per heavy atom. The van der Waals surface area contributed by atoms with Crippen LogP contribution >= 0.6 is 15.9 Å². The Hall–Kier alpha value is -0.680. The van der Waals surface area contributed by atoms with Crippen LogP contribution < -0.4 is 10.1 Å². The van der Waals surface area contributed by atoms with Crippen molar-refractivity contribution in [2.24, 2.45) is 11.8 Å². The maximum Gasteiger partial charge on any atom is 0.316 e. The summed E-state index contributed by atoms with van der Waals surface area (Å²) in [5.41, 5.74) is 0. The zero-order valence-electron chi connectivity index (χ0n) is 8.19. The number of fused-ring (bicyclic) bond motifs is 2. The number of hydrogen-bond acceptors (Lipinski definition) is 4. The molecule has 1 unspecified atom stereocenters. The van der Waals surface area contributed by atoms with Crippen LogP contribution in [0.2, 0.25) is 0 Å². The summed E-state index contributed by atoms with van der Waals surface area (Å²) in [4.78, 5) is 8.25. The highest BCUT2D eigenvalue weighted by Gasteiger charge is 2.45. The molecule has 4 nitrogen and oxygen atoms in total. The SMILES string of the molecule is Brc1cnc(OC2[C@@H]3CNC[C@H]2C3)nc1. The molecule has 1 aromatic rings. The van der Waals surface area contributed by atoms with Crippen LogP contribution in [0.25, 0.3) is 0 Å². The van der Waals surface area contributed by atoms with Crippen molar-refractivity contribution >= 4 is 15.9 Å².